The average molecular weight is 421 g/mol. The molecular formula is C24H24FN3O3. The van der Waals surface area contributed by atoms with Gasteiger partial charge in [0.05, 0.1) is 13.7 Å². The molecule has 0 aliphatic heterocycles. The molecule has 1 atom stereocenters. The average Bonchev–Trinajstić information content (AvgIpc) is 2.76. The molecule has 0 saturated carbocycles. The van der Waals surface area contributed by atoms with Crippen LogP contribution in [0, 0.1) is 5.82 Å². The first-order valence-corrected chi connectivity index (χ1v) is 9.72. The molecule has 6 nitrogen and oxygen atoms in total. The minimum absolute atomic E-state index is 0.0202. The fourth-order valence-corrected chi connectivity index (χ4v) is 3.20. The van der Waals surface area contributed by atoms with E-state index in [1.807, 2.05) is 30.3 Å². The molecule has 2 amide bonds. The van der Waals surface area contributed by atoms with Gasteiger partial charge in [-0.15, -0.1) is 0 Å². The highest BCUT2D eigenvalue weighted by molar-refractivity contribution is 5.97. The normalized spacial score (nSPS) is 11.6. The summed E-state index contributed by atoms with van der Waals surface area (Å²) < 4.78 is 18.3. The largest absolute Gasteiger partial charge is 0.497 e. The molecule has 31 heavy (non-hydrogen) atoms. The van der Waals surface area contributed by atoms with Crippen molar-refractivity contribution in [3.8, 4) is 5.75 Å². The first-order chi connectivity index (χ1) is 15.0. The number of carbonyl (C=O) groups excluding carboxylic acids is 2. The standard InChI is InChI=1S/C24H24FN3O3/c1-28(16-22(29)26-20-9-6-10-21(15-20)31-2)23(17-7-4-3-5-8-17)24(30)27-19-13-11-18(25)12-14-19/h3-15,23H,16H2,1-2H3,(H,26,29)(H,27,30). The lowest BCUT2D eigenvalue weighted by molar-refractivity contribution is -0.123. The van der Waals surface area contributed by atoms with Crippen molar-refractivity contribution >= 4 is 23.2 Å². The number of anilines is 2. The Hall–Kier alpha value is -3.71. The van der Waals surface area contributed by atoms with Gasteiger partial charge in [-0.3, -0.25) is 14.5 Å². The van der Waals surface area contributed by atoms with Crippen LogP contribution in [0.5, 0.6) is 5.75 Å². The number of likely N-dealkylation sites (N-methyl/N-ethyl adjacent to an activating group) is 1. The van der Waals surface area contributed by atoms with Gasteiger partial charge in [0, 0.05) is 17.4 Å². The van der Waals surface area contributed by atoms with E-state index in [9.17, 15) is 14.0 Å². The van der Waals surface area contributed by atoms with Gasteiger partial charge in [-0.2, -0.15) is 0 Å². The van der Waals surface area contributed by atoms with E-state index in [0.717, 1.165) is 5.56 Å². The van der Waals surface area contributed by atoms with Crippen molar-refractivity contribution in [2.75, 3.05) is 31.3 Å². The third kappa shape index (κ3) is 6.13. The van der Waals surface area contributed by atoms with Gasteiger partial charge >= 0.3 is 0 Å². The van der Waals surface area contributed by atoms with Crippen LogP contribution in [0.3, 0.4) is 0 Å². The Balaban J connectivity index is 1.74. The molecule has 3 aromatic rings. The Morgan fingerprint density at radius 2 is 1.65 bits per heavy atom. The molecule has 0 aliphatic carbocycles. The van der Waals surface area contributed by atoms with Gasteiger partial charge in [0.15, 0.2) is 0 Å². The zero-order chi connectivity index (χ0) is 22.2. The number of nitrogens with one attached hydrogen (secondary N) is 2. The topological polar surface area (TPSA) is 70.7 Å². The van der Waals surface area contributed by atoms with Crippen molar-refractivity contribution in [2.45, 2.75) is 6.04 Å². The van der Waals surface area contributed by atoms with Gasteiger partial charge in [0.2, 0.25) is 11.8 Å². The Morgan fingerprint density at radius 3 is 2.32 bits per heavy atom. The number of hydrogen-bond donors (Lipinski definition) is 2. The van der Waals surface area contributed by atoms with Crippen molar-refractivity contribution in [3.63, 3.8) is 0 Å². The molecule has 160 valence electrons. The highest BCUT2D eigenvalue weighted by Gasteiger charge is 2.26. The van der Waals surface area contributed by atoms with Crippen LogP contribution in [0.4, 0.5) is 15.8 Å². The summed E-state index contributed by atoms with van der Waals surface area (Å²) in [6, 6.07) is 21.0. The number of hydrogen-bond acceptors (Lipinski definition) is 4. The highest BCUT2D eigenvalue weighted by Crippen LogP contribution is 2.22. The summed E-state index contributed by atoms with van der Waals surface area (Å²) in [6.45, 7) is -0.0202. The van der Waals surface area contributed by atoms with E-state index in [2.05, 4.69) is 10.6 Å². The maximum atomic E-state index is 13.2. The zero-order valence-corrected chi connectivity index (χ0v) is 17.3. The number of benzene rings is 3. The van der Waals surface area contributed by atoms with E-state index in [4.69, 9.17) is 4.74 Å². The maximum absolute atomic E-state index is 13.2. The number of ether oxygens (including phenoxy) is 1. The molecule has 0 aromatic heterocycles. The van der Waals surface area contributed by atoms with Crippen LogP contribution in [0.15, 0.2) is 78.9 Å². The van der Waals surface area contributed by atoms with Gasteiger partial charge in [-0.05, 0) is 49.0 Å². The van der Waals surface area contributed by atoms with Gasteiger partial charge in [0.25, 0.3) is 0 Å². The van der Waals surface area contributed by atoms with Crippen LogP contribution in [0.25, 0.3) is 0 Å². The number of amides is 2. The van der Waals surface area contributed by atoms with E-state index < -0.39 is 6.04 Å². The molecule has 0 spiro atoms. The first-order valence-electron chi connectivity index (χ1n) is 9.72. The van der Waals surface area contributed by atoms with Crippen molar-refractivity contribution in [1.29, 1.82) is 0 Å². The molecular weight excluding hydrogens is 397 g/mol. The van der Waals surface area contributed by atoms with Crippen LogP contribution < -0.4 is 15.4 Å². The van der Waals surface area contributed by atoms with E-state index in [0.29, 0.717) is 17.1 Å². The third-order valence-corrected chi connectivity index (χ3v) is 4.66. The zero-order valence-electron chi connectivity index (χ0n) is 17.3. The fourth-order valence-electron chi connectivity index (χ4n) is 3.20. The Morgan fingerprint density at radius 1 is 0.935 bits per heavy atom. The highest BCUT2D eigenvalue weighted by atomic mass is 19.1. The number of halogens is 1. The summed E-state index contributed by atoms with van der Waals surface area (Å²) in [7, 11) is 3.26. The molecule has 0 fully saturated rings. The van der Waals surface area contributed by atoms with Gasteiger partial charge in [0.1, 0.15) is 17.6 Å². The minimum atomic E-state index is -0.720. The molecule has 3 rings (SSSR count). The summed E-state index contributed by atoms with van der Waals surface area (Å²) in [5.74, 6) is -0.350. The molecule has 7 heteroatoms. The summed E-state index contributed by atoms with van der Waals surface area (Å²) in [5, 5.41) is 5.61. The molecule has 0 aliphatic rings. The molecule has 0 heterocycles. The van der Waals surface area contributed by atoms with Crippen LogP contribution in [0.1, 0.15) is 11.6 Å². The monoisotopic (exact) mass is 421 g/mol. The summed E-state index contributed by atoms with van der Waals surface area (Å²) in [6.07, 6.45) is 0. The van der Waals surface area contributed by atoms with Crippen LogP contribution >= 0.6 is 0 Å². The predicted molar refractivity (Wildman–Crippen MR) is 118 cm³/mol. The summed E-state index contributed by atoms with van der Waals surface area (Å²) in [5.41, 5.74) is 1.81. The molecule has 3 aromatic carbocycles. The second-order valence-corrected chi connectivity index (χ2v) is 7.00. The van der Waals surface area contributed by atoms with Crippen LogP contribution in [0.2, 0.25) is 0 Å². The van der Waals surface area contributed by atoms with E-state index >= 15 is 0 Å². The lowest BCUT2D eigenvalue weighted by Crippen LogP contribution is -2.39. The van der Waals surface area contributed by atoms with Crippen molar-refractivity contribution in [2.24, 2.45) is 0 Å². The number of nitrogens with zero attached hydrogens (tertiary/aromatic N) is 1. The Bertz CT molecular complexity index is 1030. The Labute approximate surface area is 180 Å². The number of methoxy groups -OCH3 is 1. The molecule has 0 radical (unpaired) electrons. The molecule has 0 bridgehead atoms. The van der Waals surface area contributed by atoms with Crippen LogP contribution in [-0.2, 0) is 9.59 Å². The van der Waals surface area contributed by atoms with Gasteiger partial charge in [-0.25, -0.2) is 4.39 Å². The fraction of sp³-hybridized carbons (Fsp3) is 0.167. The lowest BCUT2D eigenvalue weighted by Gasteiger charge is -2.27. The number of carbonyl (C=O) groups is 2. The summed E-state index contributed by atoms with van der Waals surface area (Å²) >= 11 is 0. The molecule has 0 saturated heterocycles. The second-order valence-electron chi connectivity index (χ2n) is 7.00. The van der Waals surface area contributed by atoms with Gasteiger partial charge < -0.3 is 15.4 Å². The second kappa shape index (κ2) is 10.4. The maximum Gasteiger partial charge on any atom is 0.246 e. The molecule has 2 N–H and O–H groups in total. The number of rotatable bonds is 8. The quantitative estimate of drug-likeness (QED) is 0.575. The van der Waals surface area contributed by atoms with E-state index in [1.165, 1.54) is 24.3 Å². The first kappa shape index (κ1) is 22.0. The summed E-state index contributed by atoms with van der Waals surface area (Å²) in [4.78, 5) is 27.3. The smallest absolute Gasteiger partial charge is 0.246 e. The van der Waals surface area contributed by atoms with Gasteiger partial charge in [-0.1, -0.05) is 36.4 Å². The lowest BCUT2D eigenvalue weighted by atomic mass is 10.0. The predicted octanol–water partition coefficient (Wildman–Crippen LogP) is 4.08. The minimum Gasteiger partial charge on any atom is -0.497 e. The van der Waals surface area contributed by atoms with Crippen molar-refractivity contribution < 1.29 is 18.7 Å². The van der Waals surface area contributed by atoms with Crippen LogP contribution in [-0.4, -0.2) is 37.4 Å². The SMILES string of the molecule is COc1cccc(NC(=O)CN(C)C(C(=O)Nc2ccc(F)cc2)c2ccccc2)c1. The van der Waals surface area contributed by atoms with Crippen molar-refractivity contribution in [1.82, 2.24) is 4.90 Å². The van der Waals surface area contributed by atoms with Crippen molar-refractivity contribution in [3.05, 3.63) is 90.2 Å². The third-order valence-electron chi connectivity index (χ3n) is 4.66. The Kier molecular flexibility index (Phi) is 7.35. The van der Waals surface area contributed by atoms with E-state index in [-0.39, 0.29) is 24.2 Å². The molecule has 1 unspecified atom stereocenters. The van der Waals surface area contributed by atoms with E-state index in [1.54, 1.807) is 43.3 Å².